The van der Waals surface area contributed by atoms with Crippen LogP contribution in [0.3, 0.4) is 0 Å². The van der Waals surface area contributed by atoms with Gasteiger partial charge in [0.15, 0.2) is 0 Å². The van der Waals surface area contributed by atoms with E-state index in [1.54, 1.807) is 26.0 Å². The summed E-state index contributed by atoms with van der Waals surface area (Å²) < 4.78 is 0. The van der Waals surface area contributed by atoms with Gasteiger partial charge in [-0.25, -0.2) is 0 Å². The van der Waals surface area contributed by atoms with Crippen molar-refractivity contribution in [3.05, 3.63) is 23.3 Å². The average Bonchev–Trinajstić information content (AvgIpc) is 2.29. The molecule has 1 atom stereocenters. The third kappa shape index (κ3) is 3.01. The van der Waals surface area contributed by atoms with Crippen molar-refractivity contribution in [1.82, 2.24) is 0 Å². The maximum absolute atomic E-state index is 12.1. The number of aryl methyl sites for hydroxylation is 1. The molecule has 100 valence electrons. The van der Waals surface area contributed by atoms with E-state index in [-0.39, 0.29) is 11.7 Å². The van der Waals surface area contributed by atoms with Crippen LogP contribution in [-0.4, -0.2) is 16.6 Å². The predicted molar refractivity (Wildman–Crippen MR) is 73.7 cm³/mol. The molecule has 1 rings (SSSR count). The minimum Gasteiger partial charge on any atom is -0.507 e. The molecule has 4 N–H and O–H groups in total. The summed E-state index contributed by atoms with van der Waals surface area (Å²) in [5.74, 6) is -0.0160. The minimum absolute atomic E-state index is 0.210. The van der Waals surface area contributed by atoms with Gasteiger partial charge in [-0.2, -0.15) is 0 Å². The quantitative estimate of drug-likeness (QED) is 0.768. The van der Waals surface area contributed by atoms with Crippen LogP contribution in [0, 0.1) is 13.8 Å². The van der Waals surface area contributed by atoms with E-state index in [0.717, 1.165) is 12.0 Å². The second kappa shape index (κ2) is 5.40. The number of nitrogens with one attached hydrogen (secondary N) is 1. The summed E-state index contributed by atoms with van der Waals surface area (Å²) >= 11 is 0. The Hall–Kier alpha value is -1.55. The van der Waals surface area contributed by atoms with Gasteiger partial charge in [0.05, 0.1) is 5.54 Å². The number of hydrogen-bond acceptors (Lipinski definition) is 3. The summed E-state index contributed by atoms with van der Waals surface area (Å²) in [5, 5.41) is 12.6. The van der Waals surface area contributed by atoms with Gasteiger partial charge in [-0.3, -0.25) is 4.79 Å². The van der Waals surface area contributed by atoms with Crippen molar-refractivity contribution in [2.45, 2.75) is 46.1 Å². The van der Waals surface area contributed by atoms with Crippen LogP contribution in [-0.2, 0) is 4.79 Å². The predicted octanol–water partition coefficient (Wildman–Crippen LogP) is 2.47. The first-order chi connectivity index (χ1) is 8.29. The highest BCUT2D eigenvalue weighted by Crippen LogP contribution is 2.28. The molecule has 0 saturated carbocycles. The first-order valence-electron chi connectivity index (χ1n) is 6.19. The molecule has 1 aromatic rings. The van der Waals surface area contributed by atoms with Gasteiger partial charge in [0.1, 0.15) is 5.75 Å². The number of carbonyl (C=O) groups is 1. The SMILES string of the molecule is CCCC(C)(N)C(=O)Nc1ccc(C)c(O)c1C. The van der Waals surface area contributed by atoms with E-state index in [9.17, 15) is 9.90 Å². The minimum atomic E-state index is -0.887. The normalized spacial score (nSPS) is 14.1. The Kier molecular flexibility index (Phi) is 4.35. The Bertz CT molecular complexity index is 453. The molecule has 0 fully saturated rings. The Balaban J connectivity index is 2.92. The molecule has 0 spiro atoms. The molecule has 0 aromatic heterocycles. The number of anilines is 1. The zero-order valence-electron chi connectivity index (χ0n) is 11.5. The molecule has 0 aliphatic carbocycles. The maximum atomic E-state index is 12.1. The highest BCUT2D eigenvalue weighted by atomic mass is 16.3. The molecule has 0 aliphatic rings. The fraction of sp³-hybridized carbons (Fsp3) is 0.500. The second-order valence-corrected chi connectivity index (χ2v) is 5.03. The van der Waals surface area contributed by atoms with E-state index in [0.29, 0.717) is 17.7 Å². The van der Waals surface area contributed by atoms with E-state index >= 15 is 0 Å². The van der Waals surface area contributed by atoms with Crippen molar-refractivity contribution in [1.29, 1.82) is 0 Å². The summed E-state index contributed by atoms with van der Waals surface area (Å²) in [6, 6.07) is 3.55. The Morgan fingerprint density at radius 1 is 1.44 bits per heavy atom. The molecule has 0 heterocycles. The molecule has 0 bridgehead atoms. The molecule has 1 unspecified atom stereocenters. The van der Waals surface area contributed by atoms with Crippen LogP contribution in [0.15, 0.2) is 12.1 Å². The molecule has 1 amide bonds. The summed E-state index contributed by atoms with van der Waals surface area (Å²) in [5.41, 5.74) is 7.13. The lowest BCUT2D eigenvalue weighted by Gasteiger charge is -2.23. The summed E-state index contributed by atoms with van der Waals surface area (Å²) in [6.07, 6.45) is 1.47. The van der Waals surface area contributed by atoms with Crippen molar-refractivity contribution in [3.8, 4) is 5.75 Å². The van der Waals surface area contributed by atoms with Crippen LogP contribution in [0.25, 0.3) is 0 Å². The number of hydrogen-bond donors (Lipinski definition) is 3. The highest BCUT2D eigenvalue weighted by molar-refractivity contribution is 5.98. The van der Waals surface area contributed by atoms with Crippen LogP contribution in [0.2, 0.25) is 0 Å². The Morgan fingerprint density at radius 3 is 2.61 bits per heavy atom. The first kappa shape index (κ1) is 14.5. The number of aromatic hydroxyl groups is 1. The first-order valence-corrected chi connectivity index (χ1v) is 6.19. The van der Waals surface area contributed by atoms with Crippen molar-refractivity contribution < 1.29 is 9.90 Å². The molecule has 0 saturated heterocycles. The van der Waals surface area contributed by atoms with Crippen LogP contribution >= 0.6 is 0 Å². The van der Waals surface area contributed by atoms with E-state index in [1.165, 1.54) is 0 Å². The summed E-state index contributed by atoms with van der Waals surface area (Å²) in [7, 11) is 0. The van der Waals surface area contributed by atoms with Crippen LogP contribution in [0.4, 0.5) is 5.69 Å². The van der Waals surface area contributed by atoms with Gasteiger partial charge in [-0.15, -0.1) is 0 Å². The van der Waals surface area contributed by atoms with Gasteiger partial charge < -0.3 is 16.2 Å². The molecule has 0 radical (unpaired) electrons. The lowest BCUT2D eigenvalue weighted by Crippen LogP contribution is -2.48. The summed E-state index contributed by atoms with van der Waals surface area (Å²) in [4.78, 5) is 12.1. The molecule has 18 heavy (non-hydrogen) atoms. The number of phenolic OH excluding ortho intramolecular Hbond substituents is 1. The van der Waals surface area contributed by atoms with Crippen molar-refractivity contribution in [2.75, 3.05) is 5.32 Å². The molecule has 4 heteroatoms. The van der Waals surface area contributed by atoms with Crippen molar-refractivity contribution in [2.24, 2.45) is 5.73 Å². The molecule has 4 nitrogen and oxygen atoms in total. The summed E-state index contributed by atoms with van der Waals surface area (Å²) in [6.45, 7) is 7.29. The molecule has 1 aromatic carbocycles. The van der Waals surface area contributed by atoms with Crippen molar-refractivity contribution in [3.63, 3.8) is 0 Å². The largest absolute Gasteiger partial charge is 0.507 e. The third-order valence-electron chi connectivity index (χ3n) is 3.17. The number of benzene rings is 1. The van der Waals surface area contributed by atoms with Crippen LogP contribution in [0.1, 0.15) is 37.8 Å². The maximum Gasteiger partial charge on any atom is 0.244 e. The molecular weight excluding hydrogens is 228 g/mol. The van der Waals surface area contributed by atoms with Gasteiger partial charge in [0.25, 0.3) is 0 Å². The standard InChI is InChI=1S/C14H22N2O2/c1-5-8-14(4,15)13(18)16-11-7-6-9(2)12(17)10(11)3/h6-7,17H,5,8,15H2,1-4H3,(H,16,18). The number of nitrogens with two attached hydrogens (primary N) is 1. The molecular formula is C14H22N2O2. The average molecular weight is 250 g/mol. The van der Waals surface area contributed by atoms with Crippen LogP contribution in [0.5, 0.6) is 5.75 Å². The fourth-order valence-electron chi connectivity index (χ4n) is 1.87. The topological polar surface area (TPSA) is 75.4 Å². The molecule has 0 aliphatic heterocycles. The highest BCUT2D eigenvalue weighted by Gasteiger charge is 2.27. The van der Waals surface area contributed by atoms with Crippen LogP contribution < -0.4 is 11.1 Å². The lowest BCUT2D eigenvalue weighted by molar-refractivity contribution is -0.120. The number of rotatable bonds is 4. The lowest BCUT2D eigenvalue weighted by atomic mass is 9.96. The number of amides is 1. The van der Waals surface area contributed by atoms with E-state index in [2.05, 4.69) is 5.32 Å². The smallest absolute Gasteiger partial charge is 0.244 e. The Morgan fingerprint density at radius 2 is 2.06 bits per heavy atom. The van der Waals surface area contributed by atoms with E-state index < -0.39 is 5.54 Å². The number of phenols is 1. The monoisotopic (exact) mass is 250 g/mol. The second-order valence-electron chi connectivity index (χ2n) is 5.03. The zero-order valence-corrected chi connectivity index (χ0v) is 11.5. The number of carbonyl (C=O) groups excluding carboxylic acids is 1. The van der Waals surface area contributed by atoms with E-state index in [1.807, 2.05) is 13.8 Å². The van der Waals surface area contributed by atoms with Gasteiger partial charge in [0, 0.05) is 11.3 Å². The Labute approximate surface area is 108 Å². The van der Waals surface area contributed by atoms with Gasteiger partial charge in [-0.05, 0) is 38.8 Å². The van der Waals surface area contributed by atoms with Gasteiger partial charge >= 0.3 is 0 Å². The van der Waals surface area contributed by atoms with Crippen molar-refractivity contribution >= 4 is 11.6 Å². The van der Waals surface area contributed by atoms with Gasteiger partial charge in [-0.1, -0.05) is 19.4 Å². The zero-order chi connectivity index (χ0) is 13.9. The fourth-order valence-corrected chi connectivity index (χ4v) is 1.87. The third-order valence-corrected chi connectivity index (χ3v) is 3.17. The van der Waals surface area contributed by atoms with E-state index in [4.69, 9.17) is 5.73 Å². The van der Waals surface area contributed by atoms with Gasteiger partial charge in [0.2, 0.25) is 5.91 Å².